The van der Waals surface area contributed by atoms with Crippen LogP contribution >= 0.6 is 0 Å². The van der Waals surface area contributed by atoms with E-state index < -0.39 is 11.6 Å². The summed E-state index contributed by atoms with van der Waals surface area (Å²) in [6.45, 7) is 7.77. The van der Waals surface area contributed by atoms with Crippen LogP contribution in [0.2, 0.25) is 0 Å². The summed E-state index contributed by atoms with van der Waals surface area (Å²) in [6.07, 6.45) is 7.07. The number of β-amino-alcohol motifs (C(OH)–C–C–N with tert-alkyl or cyclic N) is 2. The summed E-state index contributed by atoms with van der Waals surface area (Å²) in [4.78, 5) is 16.1. The summed E-state index contributed by atoms with van der Waals surface area (Å²) in [5.41, 5.74) is 3.99. The normalized spacial score (nSPS) is 21.6. The van der Waals surface area contributed by atoms with Gasteiger partial charge in [-0.2, -0.15) is 0 Å². The first-order valence-corrected chi connectivity index (χ1v) is 13.7. The fourth-order valence-corrected chi connectivity index (χ4v) is 5.74. The lowest BCUT2D eigenvalue weighted by Gasteiger charge is -2.38. The highest BCUT2D eigenvalue weighted by molar-refractivity contribution is 5.91. The topological polar surface area (TPSA) is 88.6 Å². The summed E-state index contributed by atoms with van der Waals surface area (Å²) in [5, 5.41) is 26.0. The minimum Gasteiger partial charge on any atom is -0.392 e. The molecule has 3 atom stereocenters. The number of carbonyl (C=O) groups is 1. The Balaban J connectivity index is 0.000000229. The molecule has 0 radical (unpaired) electrons. The minimum atomic E-state index is -0.650. The summed E-state index contributed by atoms with van der Waals surface area (Å²) >= 11 is 0. The molecule has 4 N–H and O–H groups in total. The molecule has 0 saturated carbocycles. The molecule has 6 nitrogen and oxygen atoms in total. The monoisotopic (exact) mass is 539 g/mol. The number of aliphatic hydroxyl groups excluding tert-OH is 2. The number of nitrogens with zero attached hydrogens (tertiary/aromatic N) is 1. The Morgan fingerprint density at radius 3 is 2.54 bits per heavy atom. The third kappa shape index (κ3) is 7.82. The van der Waals surface area contributed by atoms with E-state index in [1.807, 2.05) is 0 Å². The number of hydrogen-bond acceptors (Lipinski definition) is 5. The van der Waals surface area contributed by atoms with E-state index in [0.29, 0.717) is 24.6 Å². The van der Waals surface area contributed by atoms with E-state index in [1.54, 1.807) is 0 Å². The van der Waals surface area contributed by atoms with E-state index in [4.69, 9.17) is 0 Å². The van der Waals surface area contributed by atoms with Gasteiger partial charge in [-0.3, -0.25) is 9.69 Å². The number of aromatic nitrogens is 1. The largest absolute Gasteiger partial charge is 0.392 e. The first kappa shape index (κ1) is 29.1. The maximum absolute atomic E-state index is 12.6. The van der Waals surface area contributed by atoms with Crippen LogP contribution in [0.25, 0.3) is 17.0 Å². The Labute approximate surface area is 228 Å². The molecule has 2 fully saturated rings. The molecule has 0 bridgehead atoms. The van der Waals surface area contributed by atoms with Crippen LogP contribution in [0.4, 0.5) is 8.78 Å². The van der Waals surface area contributed by atoms with Gasteiger partial charge in [-0.1, -0.05) is 18.2 Å². The summed E-state index contributed by atoms with van der Waals surface area (Å²) in [7, 11) is 0. The number of piperidine rings is 2. The van der Waals surface area contributed by atoms with E-state index in [1.165, 1.54) is 35.6 Å². The van der Waals surface area contributed by atoms with E-state index in [2.05, 4.69) is 46.5 Å². The number of benzene rings is 2. The van der Waals surface area contributed by atoms with Gasteiger partial charge in [-0.05, 0) is 99.6 Å². The molecule has 0 amide bonds. The second kappa shape index (κ2) is 13.4. The fraction of sp³-hybridized carbons (Fsp3) is 0.452. The van der Waals surface area contributed by atoms with Crippen molar-refractivity contribution < 1.29 is 23.8 Å². The van der Waals surface area contributed by atoms with E-state index in [-0.39, 0.29) is 23.9 Å². The molecule has 1 aromatic heterocycles. The number of carbonyl (C=O) groups excluding carboxylic acids is 1. The third-order valence-corrected chi connectivity index (χ3v) is 7.78. The standard InChI is InChI=1S/C21H31N3O2.C10H8F2O/c1-14-3-2-4-18-21(14)17(11-23-18)16-7-10-24(13-20(16)26)12-19(25)15-5-8-22-9-6-15;1-7(13)2-3-8-4-9(11)6-10(12)5-8/h2-4,11,15-16,19-20,22-23,25-26H,5-10,12-13H2,1H3;2-6H,1H3/b;3-2+. The Morgan fingerprint density at radius 1 is 1.15 bits per heavy atom. The molecule has 5 rings (SSSR count). The van der Waals surface area contributed by atoms with Crippen LogP contribution in [0.15, 0.2) is 48.7 Å². The zero-order valence-corrected chi connectivity index (χ0v) is 22.7. The van der Waals surface area contributed by atoms with Crippen LogP contribution < -0.4 is 5.32 Å². The molecule has 3 heterocycles. The van der Waals surface area contributed by atoms with Gasteiger partial charge in [0, 0.05) is 42.2 Å². The first-order chi connectivity index (χ1) is 18.7. The maximum atomic E-state index is 12.6. The van der Waals surface area contributed by atoms with Crippen LogP contribution in [0.3, 0.4) is 0 Å². The number of likely N-dealkylation sites (tertiary alicyclic amines) is 1. The van der Waals surface area contributed by atoms with Crippen molar-refractivity contribution in [3.63, 3.8) is 0 Å². The number of aryl methyl sites for hydroxylation is 1. The maximum Gasteiger partial charge on any atom is 0.152 e. The predicted molar refractivity (Wildman–Crippen MR) is 151 cm³/mol. The van der Waals surface area contributed by atoms with Gasteiger partial charge < -0.3 is 20.5 Å². The molecular weight excluding hydrogens is 500 g/mol. The van der Waals surface area contributed by atoms with Gasteiger partial charge in [0.25, 0.3) is 0 Å². The van der Waals surface area contributed by atoms with Crippen LogP contribution in [0.5, 0.6) is 0 Å². The molecule has 2 aliphatic heterocycles. The molecule has 2 aromatic carbocycles. The SMILES string of the molecule is CC(=O)/C=C/c1cc(F)cc(F)c1.Cc1cccc2[nH]cc(C3CCN(CC(O)C4CCNCC4)CC3O)c12. The van der Waals surface area contributed by atoms with Crippen molar-refractivity contribution in [1.82, 2.24) is 15.2 Å². The lowest BCUT2D eigenvalue weighted by molar-refractivity contribution is -0.112. The minimum absolute atomic E-state index is 0.162. The zero-order chi connectivity index (χ0) is 27.9. The summed E-state index contributed by atoms with van der Waals surface area (Å²) in [5.74, 6) is -0.907. The molecule has 3 aromatic rings. The van der Waals surface area contributed by atoms with Crippen molar-refractivity contribution in [2.24, 2.45) is 5.92 Å². The number of aliphatic hydroxyl groups is 2. The van der Waals surface area contributed by atoms with E-state index in [9.17, 15) is 23.8 Å². The van der Waals surface area contributed by atoms with Crippen molar-refractivity contribution in [2.75, 3.05) is 32.7 Å². The van der Waals surface area contributed by atoms with Gasteiger partial charge in [0.1, 0.15) is 11.6 Å². The predicted octanol–water partition coefficient (Wildman–Crippen LogP) is 4.55. The van der Waals surface area contributed by atoms with Gasteiger partial charge in [0.2, 0.25) is 0 Å². The average molecular weight is 540 g/mol. The highest BCUT2D eigenvalue weighted by Crippen LogP contribution is 2.35. The number of fused-ring (bicyclic) bond motifs is 1. The Bertz CT molecular complexity index is 1270. The Morgan fingerprint density at radius 2 is 1.87 bits per heavy atom. The van der Waals surface area contributed by atoms with Crippen LogP contribution in [0, 0.1) is 24.5 Å². The molecule has 0 aliphatic carbocycles. The number of hydrogen-bond donors (Lipinski definition) is 4. The van der Waals surface area contributed by atoms with Crippen molar-refractivity contribution in [3.8, 4) is 0 Å². The number of aromatic amines is 1. The van der Waals surface area contributed by atoms with Crippen molar-refractivity contribution in [2.45, 2.75) is 51.2 Å². The number of rotatable bonds is 6. The molecule has 3 unspecified atom stereocenters. The molecule has 39 heavy (non-hydrogen) atoms. The van der Waals surface area contributed by atoms with Gasteiger partial charge in [-0.25, -0.2) is 8.78 Å². The second-order valence-electron chi connectivity index (χ2n) is 10.8. The van der Waals surface area contributed by atoms with Crippen molar-refractivity contribution in [3.05, 3.63) is 77.0 Å². The summed E-state index contributed by atoms with van der Waals surface area (Å²) in [6, 6.07) is 9.40. The summed E-state index contributed by atoms with van der Waals surface area (Å²) < 4.78 is 25.2. The highest BCUT2D eigenvalue weighted by Gasteiger charge is 2.32. The van der Waals surface area contributed by atoms with Crippen molar-refractivity contribution in [1.29, 1.82) is 0 Å². The molecule has 0 spiro atoms. The van der Waals surface area contributed by atoms with Gasteiger partial charge in [0.15, 0.2) is 5.78 Å². The number of allylic oxidation sites excluding steroid dienone is 1. The first-order valence-electron chi connectivity index (χ1n) is 13.7. The number of ketones is 1. The van der Waals surface area contributed by atoms with E-state index in [0.717, 1.165) is 62.6 Å². The molecule has 2 saturated heterocycles. The lowest BCUT2D eigenvalue weighted by atomic mass is 9.85. The zero-order valence-electron chi connectivity index (χ0n) is 22.7. The van der Waals surface area contributed by atoms with Crippen LogP contribution in [-0.4, -0.2) is 70.8 Å². The second-order valence-corrected chi connectivity index (χ2v) is 10.8. The van der Waals surface area contributed by atoms with Crippen molar-refractivity contribution >= 4 is 22.8 Å². The third-order valence-electron chi connectivity index (χ3n) is 7.78. The van der Waals surface area contributed by atoms with E-state index >= 15 is 0 Å². The number of H-pyrrole nitrogens is 1. The number of halogens is 2. The number of nitrogens with one attached hydrogen (secondary N) is 2. The molecule has 2 aliphatic rings. The Kier molecular flexibility index (Phi) is 10.0. The van der Waals surface area contributed by atoms with Gasteiger partial charge in [0.05, 0.1) is 12.2 Å². The Hall–Kier alpha value is -2.91. The highest BCUT2D eigenvalue weighted by atomic mass is 19.1. The smallest absolute Gasteiger partial charge is 0.152 e. The average Bonchev–Trinajstić information content (AvgIpc) is 3.33. The molecule has 210 valence electrons. The molecule has 8 heteroatoms. The quantitative estimate of drug-likeness (QED) is 0.345. The van der Waals surface area contributed by atoms with Gasteiger partial charge >= 0.3 is 0 Å². The van der Waals surface area contributed by atoms with Crippen LogP contribution in [-0.2, 0) is 4.79 Å². The lowest BCUT2D eigenvalue weighted by Crippen LogP contribution is -2.48. The fourth-order valence-electron chi connectivity index (χ4n) is 5.74. The molecular formula is C31H39F2N3O3. The van der Waals surface area contributed by atoms with Gasteiger partial charge in [-0.15, -0.1) is 0 Å². The van der Waals surface area contributed by atoms with Crippen LogP contribution in [0.1, 0.15) is 48.8 Å².